The maximum absolute atomic E-state index is 13.6. The molecule has 0 spiro atoms. The molecule has 2 N–H and O–H groups in total. The van der Waals surface area contributed by atoms with E-state index in [2.05, 4.69) is 4.98 Å². The Morgan fingerprint density at radius 3 is 2.47 bits per heavy atom. The summed E-state index contributed by atoms with van der Waals surface area (Å²) in [6.45, 7) is 4.46. The molecule has 0 aliphatic heterocycles. The summed E-state index contributed by atoms with van der Waals surface area (Å²) in [5, 5.41) is 0.785. The van der Waals surface area contributed by atoms with Crippen molar-refractivity contribution in [1.29, 1.82) is 0 Å². The number of carbonyl (C=O) groups is 1. The molecule has 3 aromatic heterocycles. The molecule has 162 valence electrons. The molecule has 7 heteroatoms. The third-order valence-corrected chi connectivity index (χ3v) is 6.18. The predicted molar refractivity (Wildman–Crippen MR) is 131 cm³/mol. The van der Waals surface area contributed by atoms with Crippen molar-refractivity contribution in [3.05, 3.63) is 77.5 Å². The predicted octanol–water partition coefficient (Wildman–Crippen LogP) is 5.56. The molecule has 6 nitrogen and oxygen atoms in total. The topological polar surface area (TPSA) is 81.3 Å². The lowest BCUT2D eigenvalue weighted by Crippen LogP contribution is -2.31. The highest BCUT2D eigenvalue weighted by Gasteiger charge is 2.24. The third kappa shape index (κ3) is 4.33. The number of thiophene rings is 1. The Bertz CT molecular complexity index is 1280. The summed E-state index contributed by atoms with van der Waals surface area (Å²) in [5.74, 6) is 0.580. The molecule has 4 rings (SSSR count). The lowest BCUT2D eigenvalue weighted by molar-refractivity contribution is 0.0994. The number of hydrogen-bond donors (Lipinski definition) is 1. The highest BCUT2D eigenvalue weighted by Crippen LogP contribution is 2.36. The van der Waals surface area contributed by atoms with E-state index in [4.69, 9.17) is 15.5 Å². The van der Waals surface area contributed by atoms with Gasteiger partial charge in [-0.15, -0.1) is 11.3 Å². The van der Waals surface area contributed by atoms with Gasteiger partial charge in [0.25, 0.3) is 5.91 Å². The first kappa shape index (κ1) is 21.5. The van der Waals surface area contributed by atoms with Crippen LogP contribution < -0.4 is 15.4 Å². The van der Waals surface area contributed by atoms with Crippen LogP contribution in [-0.2, 0) is 0 Å². The minimum atomic E-state index is -0.154. The van der Waals surface area contributed by atoms with Crippen LogP contribution in [0.4, 0.5) is 11.4 Å². The molecule has 32 heavy (non-hydrogen) atoms. The van der Waals surface area contributed by atoms with Crippen LogP contribution in [0.5, 0.6) is 5.75 Å². The highest BCUT2D eigenvalue weighted by molar-refractivity contribution is 7.21. The molecule has 0 radical (unpaired) electrons. The van der Waals surface area contributed by atoms with Crippen molar-refractivity contribution in [2.24, 2.45) is 0 Å². The molecular formula is C25H24N4O2S. The molecule has 0 atom stereocenters. The van der Waals surface area contributed by atoms with E-state index in [0.717, 1.165) is 38.5 Å². The second-order valence-corrected chi connectivity index (χ2v) is 8.52. The van der Waals surface area contributed by atoms with Gasteiger partial charge in [0.05, 0.1) is 18.5 Å². The SMILES string of the molecule is COc1ccc(N(CC=C(C)C)C(=O)c2sc3nc(-c4ccncc4)ccc3c2N)cc1. The number of allylic oxidation sites excluding steroid dienone is 1. The molecule has 1 amide bonds. The Labute approximate surface area is 191 Å². The average molecular weight is 445 g/mol. The standard InChI is InChI=1S/C25H24N4O2S/c1-16(2)12-15-29(18-4-6-19(31-3)7-5-18)25(30)23-22(26)20-8-9-21(28-24(20)32-23)17-10-13-27-14-11-17/h4-14H,15,26H2,1-3H3. The van der Waals surface area contributed by atoms with Gasteiger partial charge in [-0.05, 0) is 62.4 Å². The van der Waals surface area contributed by atoms with Crippen molar-refractivity contribution >= 4 is 38.8 Å². The summed E-state index contributed by atoms with van der Waals surface area (Å²) in [6.07, 6.45) is 5.48. The van der Waals surface area contributed by atoms with Crippen molar-refractivity contribution in [3.63, 3.8) is 0 Å². The zero-order valence-electron chi connectivity index (χ0n) is 18.2. The number of anilines is 2. The molecule has 4 aromatic rings. The first-order valence-electron chi connectivity index (χ1n) is 10.2. The number of amides is 1. The third-order valence-electron chi connectivity index (χ3n) is 5.08. The first-order chi connectivity index (χ1) is 15.5. The summed E-state index contributed by atoms with van der Waals surface area (Å²) in [5.41, 5.74) is 10.6. The number of benzene rings is 1. The average Bonchev–Trinajstić information content (AvgIpc) is 3.15. The number of nitrogen functional groups attached to an aromatic ring is 1. The van der Waals surface area contributed by atoms with Crippen molar-refractivity contribution in [1.82, 2.24) is 9.97 Å². The second-order valence-electron chi connectivity index (χ2n) is 7.53. The van der Waals surface area contributed by atoms with E-state index in [1.807, 2.05) is 68.5 Å². The lowest BCUT2D eigenvalue weighted by atomic mass is 10.1. The van der Waals surface area contributed by atoms with Gasteiger partial charge in [0.2, 0.25) is 0 Å². The zero-order valence-corrected chi connectivity index (χ0v) is 19.0. The fourth-order valence-electron chi connectivity index (χ4n) is 3.30. The Balaban J connectivity index is 1.74. The van der Waals surface area contributed by atoms with E-state index in [1.54, 1.807) is 24.4 Å². The van der Waals surface area contributed by atoms with Gasteiger partial charge in [0.1, 0.15) is 15.5 Å². The van der Waals surface area contributed by atoms with Gasteiger partial charge < -0.3 is 15.4 Å². The smallest absolute Gasteiger partial charge is 0.270 e. The van der Waals surface area contributed by atoms with Crippen LogP contribution in [0.3, 0.4) is 0 Å². The Kier molecular flexibility index (Phi) is 6.18. The molecular weight excluding hydrogens is 420 g/mol. The van der Waals surface area contributed by atoms with Crippen LogP contribution in [0.2, 0.25) is 0 Å². The van der Waals surface area contributed by atoms with Gasteiger partial charge in [-0.2, -0.15) is 0 Å². The molecule has 1 aromatic carbocycles. The number of aromatic nitrogens is 2. The van der Waals surface area contributed by atoms with Gasteiger partial charge in [-0.3, -0.25) is 9.78 Å². The molecule has 0 saturated carbocycles. The number of nitrogens with two attached hydrogens (primary N) is 1. The zero-order chi connectivity index (χ0) is 22.7. The van der Waals surface area contributed by atoms with E-state index in [-0.39, 0.29) is 5.91 Å². The van der Waals surface area contributed by atoms with E-state index in [1.165, 1.54) is 11.3 Å². The normalized spacial score (nSPS) is 10.7. The fraction of sp³-hybridized carbons (Fsp3) is 0.160. The van der Waals surface area contributed by atoms with Crippen LogP contribution in [0, 0.1) is 0 Å². The minimum absolute atomic E-state index is 0.154. The number of rotatable bonds is 6. The van der Waals surface area contributed by atoms with Gasteiger partial charge in [-0.25, -0.2) is 4.98 Å². The van der Waals surface area contributed by atoms with E-state index in [9.17, 15) is 4.79 Å². The Morgan fingerprint density at radius 1 is 1.09 bits per heavy atom. The highest BCUT2D eigenvalue weighted by atomic mass is 32.1. The van der Waals surface area contributed by atoms with Gasteiger partial charge in [-0.1, -0.05) is 11.6 Å². The minimum Gasteiger partial charge on any atom is -0.497 e. The molecule has 0 aliphatic rings. The van der Waals surface area contributed by atoms with Gasteiger partial charge in [0, 0.05) is 35.6 Å². The molecule has 0 unspecified atom stereocenters. The van der Waals surface area contributed by atoms with Crippen LogP contribution in [-0.4, -0.2) is 29.5 Å². The van der Waals surface area contributed by atoms with E-state index >= 15 is 0 Å². The van der Waals surface area contributed by atoms with Crippen LogP contribution >= 0.6 is 11.3 Å². The quantitative estimate of drug-likeness (QED) is 0.394. The number of ether oxygens (including phenoxy) is 1. The van der Waals surface area contributed by atoms with Crippen molar-refractivity contribution in [2.45, 2.75) is 13.8 Å². The van der Waals surface area contributed by atoms with E-state index in [0.29, 0.717) is 17.1 Å². The van der Waals surface area contributed by atoms with Crippen LogP contribution in [0.25, 0.3) is 21.5 Å². The summed E-state index contributed by atoms with van der Waals surface area (Å²) in [4.78, 5) is 25.4. The number of methoxy groups -OCH3 is 1. The van der Waals surface area contributed by atoms with Crippen molar-refractivity contribution < 1.29 is 9.53 Å². The molecule has 0 aliphatic carbocycles. The summed E-state index contributed by atoms with van der Waals surface area (Å²) >= 11 is 1.32. The van der Waals surface area contributed by atoms with Crippen molar-refractivity contribution in [2.75, 3.05) is 24.3 Å². The fourth-order valence-corrected chi connectivity index (χ4v) is 4.35. The summed E-state index contributed by atoms with van der Waals surface area (Å²) < 4.78 is 5.25. The number of fused-ring (bicyclic) bond motifs is 1. The lowest BCUT2D eigenvalue weighted by Gasteiger charge is -2.21. The molecule has 0 bridgehead atoms. The summed E-state index contributed by atoms with van der Waals surface area (Å²) in [7, 11) is 1.62. The number of pyridine rings is 2. The van der Waals surface area contributed by atoms with Crippen molar-refractivity contribution in [3.8, 4) is 17.0 Å². The molecule has 0 saturated heterocycles. The summed E-state index contributed by atoms with van der Waals surface area (Å²) in [6, 6.07) is 15.1. The second kappa shape index (κ2) is 9.20. The molecule has 0 fully saturated rings. The number of nitrogens with zero attached hydrogens (tertiary/aromatic N) is 3. The largest absolute Gasteiger partial charge is 0.497 e. The van der Waals surface area contributed by atoms with Gasteiger partial charge in [0.15, 0.2) is 0 Å². The van der Waals surface area contributed by atoms with E-state index < -0.39 is 0 Å². The monoisotopic (exact) mass is 444 g/mol. The van der Waals surface area contributed by atoms with Crippen LogP contribution in [0.1, 0.15) is 23.5 Å². The molecule has 3 heterocycles. The van der Waals surface area contributed by atoms with Gasteiger partial charge >= 0.3 is 0 Å². The van der Waals surface area contributed by atoms with Crippen LogP contribution in [0.15, 0.2) is 72.6 Å². The number of carbonyl (C=O) groups excluding carboxylic acids is 1. The first-order valence-corrected chi connectivity index (χ1v) is 11.0. The Morgan fingerprint density at radius 2 is 1.81 bits per heavy atom. The maximum Gasteiger partial charge on any atom is 0.270 e. The number of hydrogen-bond acceptors (Lipinski definition) is 6. The maximum atomic E-state index is 13.6. The Hall–Kier alpha value is -3.71.